The molecular weight excluding hydrogens is 344 g/mol. The molecule has 1 aliphatic rings. The molecule has 0 spiro atoms. The van der Waals surface area contributed by atoms with E-state index in [1.165, 1.54) is 22.5 Å². The van der Waals surface area contributed by atoms with Crippen LogP contribution < -0.4 is 5.32 Å². The largest absolute Gasteiger partial charge is 0.349 e. The maximum absolute atomic E-state index is 12.8. The van der Waals surface area contributed by atoms with Crippen molar-refractivity contribution in [3.63, 3.8) is 0 Å². The first-order valence-electron chi connectivity index (χ1n) is 9.16. The Kier molecular flexibility index (Phi) is 5.77. The van der Waals surface area contributed by atoms with Gasteiger partial charge in [0.05, 0.1) is 16.8 Å². The molecule has 1 fully saturated rings. The summed E-state index contributed by atoms with van der Waals surface area (Å²) in [5.41, 5.74) is 3.53. The number of aryl methyl sites for hydroxylation is 2. The van der Waals surface area contributed by atoms with E-state index in [1.807, 2.05) is 29.3 Å². The fourth-order valence-corrected chi connectivity index (χ4v) is 4.26. The van der Waals surface area contributed by atoms with Gasteiger partial charge < -0.3 is 10.2 Å². The summed E-state index contributed by atoms with van der Waals surface area (Å²) in [4.78, 5) is 27.9. The lowest BCUT2D eigenvalue weighted by atomic mass is 9.95. The molecule has 1 aromatic carbocycles. The van der Waals surface area contributed by atoms with Gasteiger partial charge in [-0.2, -0.15) is 0 Å². The van der Waals surface area contributed by atoms with Crippen LogP contribution >= 0.6 is 11.3 Å². The van der Waals surface area contributed by atoms with Gasteiger partial charge in [-0.05, 0) is 56.2 Å². The van der Waals surface area contributed by atoms with Gasteiger partial charge in [-0.25, -0.2) is 0 Å². The highest BCUT2D eigenvalue weighted by Crippen LogP contribution is 2.23. The summed E-state index contributed by atoms with van der Waals surface area (Å²) in [6.07, 6.45) is 1.70. The normalized spacial score (nSPS) is 18.4. The van der Waals surface area contributed by atoms with Crippen LogP contribution in [0, 0.1) is 19.8 Å². The number of nitrogens with one attached hydrogen (secondary N) is 1. The van der Waals surface area contributed by atoms with Crippen molar-refractivity contribution in [1.82, 2.24) is 10.2 Å². The quantitative estimate of drug-likeness (QED) is 0.881. The molecule has 0 bridgehead atoms. The van der Waals surface area contributed by atoms with Crippen molar-refractivity contribution in [1.29, 1.82) is 0 Å². The maximum atomic E-state index is 12.8. The molecule has 2 atom stereocenters. The van der Waals surface area contributed by atoms with Crippen LogP contribution in [0.1, 0.15) is 52.2 Å². The Balaban J connectivity index is 1.64. The number of thiophene rings is 1. The lowest BCUT2D eigenvalue weighted by Crippen LogP contribution is -2.45. The van der Waals surface area contributed by atoms with E-state index in [4.69, 9.17) is 0 Å². The van der Waals surface area contributed by atoms with Crippen LogP contribution in [0.2, 0.25) is 0 Å². The summed E-state index contributed by atoms with van der Waals surface area (Å²) < 4.78 is 0. The molecule has 0 aliphatic carbocycles. The van der Waals surface area contributed by atoms with Crippen LogP contribution in [0.5, 0.6) is 0 Å². The van der Waals surface area contributed by atoms with Gasteiger partial charge >= 0.3 is 0 Å². The minimum absolute atomic E-state index is 0.0363. The smallest absolute Gasteiger partial charge is 0.263 e. The molecule has 0 saturated carbocycles. The second-order valence-corrected chi connectivity index (χ2v) is 8.11. The lowest BCUT2D eigenvalue weighted by molar-refractivity contribution is -0.127. The SMILES string of the molecule is Cc1ccc(C)c([C@H](C)NC(=O)[C@@H]2CCCN(C(=O)c3cccs3)C2)c1. The molecular formula is C21H26N2O2S. The van der Waals surface area contributed by atoms with Crippen LogP contribution in [0.4, 0.5) is 0 Å². The van der Waals surface area contributed by atoms with E-state index in [1.54, 1.807) is 0 Å². The Morgan fingerprint density at radius 2 is 2.08 bits per heavy atom. The van der Waals surface area contributed by atoms with E-state index in [0.29, 0.717) is 6.54 Å². The van der Waals surface area contributed by atoms with E-state index < -0.39 is 0 Å². The Hall–Kier alpha value is -2.14. The summed E-state index contributed by atoms with van der Waals surface area (Å²) in [6.45, 7) is 7.39. The standard InChI is InChI=1S/C21H26N2O2S/c1-14-8-9-15(2)18(12-14)16(3)22-20(24)17-6-4-10-23(13-17)21(25)19-7-5-11-26-19/h5,7-9,11-12,16-17H,4,6,10,13H2,1-3H3,(H,22,24)/t16-,17+/m0/s1. The molecule has 2 amide bonds. The number of rotatable bonds is 4. The molecule has 26 heavy (non-hydrogen) atoms. The highest BCUT2D eigenvalue weighted by molar-refractivity contribution is 7.12. The summed E-state index contributed by atoms with van der Waals surface area (Å²) >= 11 is 1.45. The fourth-order valence-electron chi connectivity index (χ4n) is 3.57. The Morgan fingerprint density at radius 1 is 1.27 bits per heavy atom. The van der Waals surface area contributed by atoms with Crippen molar-refractivity contribution >= 4 is 23.2 Å². The van der Waals surface area contributed by atoms with Gasteiger partial charge in [0.25, 0.3) is 5.91 Å². The van der Waals surface area contributed by atoms with Crippen LogP contribution in [0.3, 0.4) is 0 Å². The molecule has 1 saturated heterocycles. The van der Waals surface area contributed by atoms with Gasteiger partial charge in [0, 0.05) is 13.1 Å². The zero-order valence-electron chi connectivity index (χ0n) is 15.6. The number of benzene rings is 1. The molecule has 0 unspecified atom stereocenters. The number of carbonyl (C=O) groups excluding carboxylic acids is 2. The number of nitrogens with zero attached hydrogens (tertiary/aromatic N) is 1. The topological polar surface area (TPSA) is 49.4 Å². The monoisotopic (exact) mass is 370 g/mol. The van der Waals surface area contributed by atoms with Crippen molar-refractivity contribution in [3.8, 4) is 0 Å². The number of likely N-dealkylation sites (tertiary alicyclic amines) is 1. The Morgan fingerprint density at radius 3 is 2.81 bits per heavy atom. The first kappa shape index (κ1) is 18.6. The van der Waals surface area contributed by atoms with E-state index in [2.05, 4.69) is 37.4 Å². The van der Waals surface area contributed by atoms with Crippen molar-refractivity contribution in [2.24, 2.45) is 5.92 Å². The van der Waals surface area contributed by atoms with Crippen molar-refractivity contribution in [3.05, 3.63) is 57.3 Å². The molecule has 3 rings (SSSR count). The number of hydrogen-bond donors (Lipinski definition) is 1. The van der Waals surface area contributed by atoms with E-state index in [9.17, 15) is 9.59 Å². The number of piperidine rings is 1. The van der Waals surface area contributed by atoms with Crippen molar-refractivity contribution in [2.75, 3.05) is 13.1 Å². The van der Waals surface area contributed by atoms with E-state index in [0.717, 1.165) is 29.8 Å². The summed E-state index contributed by atoms with van der Waals surface area (Å²) in [5.74, 6) is -0.0533. The van der Waals surface area contributed by atoms with E-state index >= 15 is 0 Å². The third-order valence-corrected chi connectivity index (χ3v) is 5.93. The van der Waals surface area contributed by atoms with Crippen molar-refractivity contribution < 1.29 is 9.59 Å². The first-order valence-corrected chi connectivity index (χ1v) is 10.0. The first-order chi connectivity index (χ1) is 12.5. The molecule has 138 valence electrons. The average Bonchev–Trinajstić information content (AvgIpc) is 3.17. The molecule has 1 aromatic heterocycles. The van der Waals surface area contributed by atoms with Gasteiger partial charge in [-0.15, -0.1) is 11.3 Å². The molecule has 0 radical (unpaired) electrons. The minimum atomic E-state index is -0.139. The molecule has 5 heteroatoms. The second-order valence-electron chi connectivity index (χ2n) is 7.16. The average molecular weight is 371 g/mol. The predicted octanol–water partition coefficient (Wildman–Crippen LogP) is 4.09. The number of hydrogen-bond acceptors (Lipinski definition) is 3. The summed E-state index contributed by atoms with van der Waals surface area (Å²) in [6, 6.07) is 10.0. The summed E-state index contributed by atoms with van der Waals surface area (Å²) in [5, 5.41) is 5.06. The third kappa shape index (κ3) is 4.15. The zero-order valence-corrected chi connectivity index (χ0v) is 16.4. The molecule has 1 N–H and O–H groups in total. The van der Waals surface area contributed by atoms with Crippen molar-refractivity contribution in [2.45, 2.75) is 39.7 Å². The molecule has 2 heterocycles. The van der Waals surface area contributed by atoms with Gasteiger partial charge in [-0.3, -0.25) is 9.59 Å². The van der Waals surface area contributed by atoms with Gasteiger partial charge in [-0.1, -0.05) is 29.8 Å². The van der Waals surface area contributed by atoms with Gasteiger partial charge in [0.1, 0.15) is 0 Å². The highest BCUT2D eigenvalue weighted by Gasteiger charge is 2.30. The van der Waals surface area contributed by atoms with Gasteiger partial charge in [0.2, 0.25) is 5.91 Å². The molecule has 4 nitrogen and oxygen atoms in total. The highest BCUT2D eigenvalue weighted by atomic mass is 32.1. The minimum Gasteiger partial charge on any atom is -0.349 e. The van der Waals surface area contributed by atoms with Gasteiger partial charge in [0.15, 0.2) is 0 Å². The number of amides is 2. The van der Waals surface area contributed by atoms with E-state index in [-0.39, 0.29) is 23.8 Å². The Labute approximate surface area is 159 Å². The number of carbonyl (C=O) groups is 2. The molecule has 1 aliphatic heterocycles. The van der Waals surface area contributed by atoms with Crippen LogP contribution in [0.15, 0.2) is 35.7 Å². The third-order valence-electron chi connectivity index (χ3n) is 5.07. The van der Waals surface area contributed by atoms with Crippen LogP contribution in [-0.4, -0.2) is 29.8 Å². The maximum Gasteiger partial charge on any atom is 0.263 e. The predicted molar refractivity (Wildman–Crippen MR) is 105 cm³/mol. The second kappa shape index (κ2) is 8.04. The zero-order chi connectivity index (χ0) is 18.7. The van der Waals surface area contributed by atoms with Crippen LogP contribution in [-0.2, 0) is 4.79 Å². The fraction of sp³-hybridized carbons (Fsp3) is 0.429. The summed E-state index contributed by atoms with van der Waals surface area (Å²) in [7, 11) is 0. The van der Waals surface area contributed by atoms with Crippen LogP contribution in [0.25, 0.3) is 0 Å². The Bertz CT molecular complexity index is 785. The molecule has 2 aromatic rings. The lowest BCUT2D eigenvalue weighted by Gasteiger charge is -2.32.